The second-order valence-corrected chi connectivity index (χ2v) is 4.49. The van der Waals surface area contributed by atoms with Gasteiger partial charge in [0.05, 0.1) is 26.4 Å². The van der Waals surface area contributed by atoms with Gasteiger partial charge in [0.2, 0.25) is 0 Å². The molecule has 0 amide bonds. The molecule has 0 aliphatic heterocycles. The minimum atomic E-state index is -0.707. The highest BCUT2D eigenvalue weighted by Crippen LogP contribution is 2.07. The fourth-order valence-electron chi connectivity index (χ4n) is 0.935. The van der Waals surface area contributed by atoms with Crippen molar-refractivity contribution < 1.29 is 23.7 Å². The van der Waals surface area contributed by atoms with Gasteiger partial charge >= 0.3 is 6.16 Å². The number of rotatable bonds is 9. The van der Waals surface area contributed by atoms with Gasteiger partial charge in [0, 0.05) is 11.5 Å². The summed E-state index contributed by atoms with van der Waals surface area (Å²) in [6.45, 7) is 7.14. The Morgan fingerprint density at radius 3 is 2.26 bits per heavy atom. The molecule has 0 rings (SSSR count). The summed E-state index contributed by atoms with van der Waals surface area (Å²) in [4.78, 5) is 13.7. The van der Waals surface area contributed by atoms with E-state index < -0.39 is 11.8 Å². The lowest BCUT2D eigenvalue weighted by Gasteiger charge is -2.18. The Morgan fingerprint density at radius 1 is 1.11 bits per heavy atom. The predicted molar refractivity (Wildman–Crippen MR) is 67.8 cm³/mol. The van der Waals surface area contributed by atoms with Gasteiger partial charge in [0.25, 0.3) is 0 Å². The van der Waals surface area contributed by atoms with Crippen LogP contribution in [-0.2, 0) is 18.9 Å². The molecule has 19 heavy (non-hydrogen) atoms. The van der Waals surface area contributed by atoms with Crippen LogP contribution in [0.25, 0.3) is 10.4 Å². The third-order valence-electron chi connectivity index (χ3n) is 1.61. The van der Waals surface area contributed by atoms with Gasteiger partial charge in [-0.15, -0.1) is 0 Å². The van der Waals surface area contributed by atoms with Crippen molar-refractivity contribution in [3.8, 4) is 0 Å². The molecule has 0 aliphatic rings. The molecule has 0 aromatic heterocycles. The molecule has 0 N–H and O–H groups in total. The normalized spacial score (nSPS) is 10.7. The molecule has 0 atom stereocenters. The predicted octanol–water partition coefficient (Wildman–Crippen LogP) is 2.28. The Morgan fingerprint density at radius 2 is 1.68 bits per heavy atom. The Bertz CT molecular complexity index is 297. The van der Waals surface area contributed by atoms with Crippen LogP contribution in [0.15, 0.2) is 5.11 Å². The molecule has 0 unspecified atom stereocenters. The van der Waals surface area contributed by atoms with Gasteiger partial charge in [-0.25, -0.2) is 4.79 Å². The summed E-state index contributed by atoms with van der Waals surface area (Å²) >= 11 is 0. The number of nitrogens with zero attached hydrogens (tertiary/aromatic N) is 3. The van der Waals surface area contributed by atoms with Crippen molar-refractivity contribution in [1.29, 1.82) is 0 Å². The maximum Gasteiger partial charge on any atom is 0.508 e. The summed E-state index contributed by atoms with van der Waals surface area (Å²) in [5, 5.41) is 3.31. The molecule has 0 aromatic rings. The van der Waals surface area contributed by atoms with E-state index in [0.717, 1.165) is 0 Å². The molecule has 0 bridgehead atoms. The van der Waals surface area contributed by atoms with Crippen LogP contribution in [0.3, 0.4) is 0 Å². The second-order valence-electron chi connectivity index (χ2n) is 4.49. The average molecular weight is 275 g/mol. The average Bonchev–Trinajstić information content (AvgIpc) is 2.29. The van der Waals surface area contributed by atoms with Crippen molar-refractivity contribution in [3.63, 3.8) is 0 Å². The fourth-order valence-corrected chi connectivity index (χ4v) is 0.935. The monoisotopic (exact) mass is 275 g/mol. The summed E-state index contributed by atoms with van der Waals surface area (Å²) in [5.74, 6) is 0. The Balaban J connectivity index is 3.27. The Hall–Kier alpha value is -1.50. The first-order valence-electron chi connectivity index (χ1n) is 5.98. The number of carbonyl (C=O) groups is 1. The van der Waals surface area contributed by atoms with E-state index in [2.05, 4.69) is 10.0 Å². The maximum absolute atomic E-state index is 11.1. The third-order valence-corrected chi connectivity index (χ3v) is 1.61. The molecule has 0 heterocycles. The summed E-state index contributed by atoms with van der Waals surface area (Å²) in [6, 6.07) is 0. The zero-order valence-corrected chi connectivity index (χ0v) is 11.6. The van der Waals surface area contributed by atoms with Gasteiger partial charge < -0.3 is 18.9 Å². The summed E-state index contributed by atoms with van der Waals surface area (Å²) < 4.78 is 20.0. The topological polar surface area (TPSA) is 103 Å². The largest absolute Gasteiger partial charge is 0.508 e. The minimum Gasteiger partial charge on any atom is -0.432 e. The van der Waals surface area contributed by atoms with Gasteiger partial charge in [-0.3, -0.25) is 0 Å². The molecular weight excluding hydrogens is 254 g/mol. The summed E-state index contributed by atoms with van der Waals surface area (Å²) in [6.07, 6.45) is -0.707. The van der Waals surface area contributed by atoms with Crippen molar-refractivity contribution in [2.45, 2.75) is 26.4 Å². The fraction of sp³-hybridized carbons (Fsp3) is 0.909. The van der Waals surface area contributed by atoms with Gasteiger partial charge in [-0.2, -0.15) is 0 Å². The van der Waals surface area contributed by atoms with Crippen molar-refractivity contribution in [2.24, 2.45) is 5.11 Å². The highest BCUT2D eigenvalue weighted by atomic mass is 16.7. The molecule has 0 aromatic carbocycles. The van der Waals surface area contributed by atoms with Crippen molar-refractivity contribution in [2.75, 3.05) is 39.6 Å². The maximum atomic E-state index is 11.1. The number of hydrogen-bond donors (Lipinski definition) is 0. The molecule has 0 aliphatic carbocycles. The quantitative estimate of drug-likeness (QED) is 0.211. The standard InChI is InChI=1S/C11H21N3O5/c1-11(2,3)19-10(15)18-9-8-17-7-6-16-5-4-13-14-12/h4-9H2,1-3H3. The van der Waals surface area contributed by atoms with Gasteiger partial charge in [0.1, 0.15) is 12.2 Å². The second kappa shape index (κ2) is 10.4. The van der Waals surface area contributed by atoms with E-state index in [4.69, 9.17) is 24.5 Å². The first-order chi connectivity index (χ1) is 8.95. The lowest BCUT2D eigenvalue weighted by Crippen LogP contribution is -2.25. The van der Waals surface area contributed by atoms with Crippen LogP contribution in [0.4, 0.5) is 4.79 Å². The zero-order chi connectivity index (χ0) is 14.6. The smallest absolute Gasteiger partial charge is 0.432 e. The molecule has 0 radical (unpaired) electrons. The SMILES string of the molecule is CC(C)(C)OC(=O)OCCOCCOCCN=[N+]=[N-]. The minimum absolute atomic E-state index is 0.133. The molecular formula is C11H21N3O5. The van der Waals surface area contributed by atoms with Crippen LogP contribution in [0.5, 0.6) is 0 Å². The van der Waals surface area contributed by atoms with Crippen LogP contribution >= 0.6 is 0 Å². The summed E-state index contributed by atoms with van der Waals surface area (Å²) in [5.41, 5.74) is 7.45. The molecule has 0 spiro atoms. The number of azide groups is 1. The van der Waals surface area contributed by atoms with Crippen LogP contribution in [0.1, 0.15) is 20.8 Å². The van der Waals surface area contributed by atoms with E-state index in [9.17, 15) is 4.79 Å². The lowest BCUT2D eigenvalue weighted by atomic mass is 10.2. The lowest BCUT2D eigenvalue weighted by molar-refractivity contribution is -0.0232. The first kappa shape index (κ1) is 17.5. The molecule has 110 valence electrons. The van der Waals surface area contributed by atoms with Crippen molar-refractivity contribution >= 4 is 6.16 Å². The van der Waals surface area contributed by atoms with Crippen LogP contribution in [-0.4, -0.2) is 51.3 Å². The highest BCUT2D eigenvalue weighted by molar-refractivity contribution is 5.60. The van der Waals surface area contributed by atoms with Gasteiger partial charge in [-0.05, 0) is 26.3 Å². The van der Waals surface area contributed by atoms with E-state index in [1.807, 2.05) is 0 Å². The van der Waals surface area contributed by atoms with E-state index in [-0.39, 0.29) is 13.2 Å². The van der Waals surface area contributed by atoms with E-state index in [1.54, 1.807) is 20.8 Å². The van der Waals surface area contributed by atoms with Gasteiger partial charge in [-0.1, -0.05) is 5.11 Å². The van der Waals surface area contributed by atoms with E-state index in [1.165, 1.54) is 0 Å². The van der Waals surface area contributed by atoms with Crippen LogP contribution < -0.4 is 0 Å². The Labute approximate surface area is 112 Å². The number of carbonyl (C=O) groups excluding carboxylic acids is 1. The molecule has 8 nitrogen and oxygen atoms in total. The molecule has 8 heteroatoms. The van der Waals surface area contributed by atoms with E-state index in [0.29, 0.717) is 26.4 Å². The van der Waals surface area contributed by atoms with Crippen LogP contribution in [0, 0.1) is 0 Å². The van der Waals surface area contributed by atoms with Crippen molar-refractivity contribution in [1.82, 2.24) is 0 Å². The molecule has 0 fully saturated rings. The number of ether oxygens (including phenoxy) is 4. The third kappa shape index (κ3) is 14.4. The van der Waals surface area contributed by atoms with Gasteiger partial charge in [0.15, 0.2) is 0 Å². The van der Waals surface area contributed by atoms with E-state index >= 15 is 0 Å². The van der Waals surface area contributed by atoms with Crippen molar-refractivity contribution in [3.05, 3.63) is 10.4 Å². The zero-order valence-electron chi connectivity index (χ0n) is 11.6. The first-order valence-corrected chi connectivity index (χ1v) is 5.98. The molecule has 0 saturated carbocycles. The van der Waals surface area contributed by atoms with Crippen LogP contribution in [0.2, 0.25) is 0 Å². The summed E-state index contributed by atoms with van der Waals surface area (Å²) in [7, 11) is 0. The molecule has 0 saturated heterocycles. The number of hydrogen-bond acceptors (Lipinski definition) is 6. The highest BCUT2D eigenvalue weighted by Gasteiger charge is 2.16. The Kier molecular flexibility index (Phi) is 9.60.